The molecule has 0 radical (unpaired) electrons. The van der Waals surface area contributed by atoms with Crippen LogP contribution in [0.25, 0.3) is 10.6 Å². The van der Waals surface area contributed by atoms with E-state index in [9.17, 15) is 4.79 Å². The Morgan fingerprint density at radius 3 is 2.73 bits per heavy atom. The molecule has 0 aliphatic rings. The lowest BCUT2D eigenvalue weighted by molar-refractivity contribution is 0.101. The molecule has 2 aromatic heterocycles. The molecule has 15 heavy (non-hydrogen) atoms. The highest BCUT2D eigenvalue weighted by Gasteiger charge is 2.07. The van der Waals surface area contributed by atoms with Crippen molar-refractivity contribution in [2.24, 2.45) is 0 Å². The van der Waals surface area contributed by atoms with Gasteiger partial charge in [0, 0.05) is 29.8 Å². The molecule has 0 N–H and O–H groups in total. The van der Waals surface area contributed by atoms with Gasteiger partial charge in [0.05, 0.1) is 0 Å². The highest BCUT2D eigenvalue weighted by Crippen LogP contribution is 2.23. The Morgan fingerprint density at radius 1 is 1.40 bits per heavy atom. The SMILES string of the molecule is CC(=O)c1csc(-c2ccc(C)nc2)n1. The van der Waals surface area contributed by atoms with Gasteiger partial charge in [-0.1, -0.05) is 0 Å². The topological polar surface area (TPSA) is 42.9 Å². The summed E-state index contributed by atoms with van der Waals surface area (Å²) >= 11 is 1.46. The average Bonchev–Trinajstić information content (AvgIpc) is 2.68. The predicted molar refractivity (Wildman–Crippen MR) is 60.1 cm³/mol. The highest BCUT2D eigenvalue weighted by molar-refractivity contribution is 7.13. The van der Waals surface area contributed by atoms with Crippen LogP contribution in [-0.4, -0.2) is 15.8 Å². The van der Waals surface area contributed by atoms with Gasteiger partial charge in [-0.2, -0.15) is 0 Å². The quantitative estimate of drug-likeness (QED) is 0.728. The number of hydrogen-bond donors (Lipinski definition) is 0. The number of rotatable bonds is 2. The molecule has 76 valence electrons. The van der Waals surface area contributed by atoms with Gasteiger partial charge in [0.15, 0.2) is 5.78 Å². The van der Waals surface area contributed by atoms with Crippen LogP contribution in [0.2, 0.25) is 0 Å². The van der Waals surface area contributed by atoms with Crippen LogP contribution in [0, 0.1) is 6.92 Å². The molecule has 3 nitrogen and oxygen atoms in total. The van der Waals surface area contributed by atoms with Crippen LogP contribution in [-0.2, 0) is 0 Å². The van der Waals surface area contributed by atoms with Crippen LogP contribution in [0.4, 0.5) is 0 Å². The summed E-state index contributed by atoms with van der Waals surface area (Å²) in [6, 6.07) is 3.90. The standard InChI is InChI=1S/C11H10N2OS/c1-7-3-4-9(5-12-7)11-13-10(6-15-11)8(2)14/h3-6H,1-2H3. The van der Waals surface area contributed by atoms with E-state index >= 15 is 0 Å². The summed E-state index contributed by atoms with van der Waals surface area (Å²) < 4.78 is 0. The van der Waals surface area contributed by atoms with E-state index in [1.54, 1.807) is 11.6 Å². The van der Waals surface area contributed by atoms with Gasteiger partial charge in [0.25, 0.3) is 0 Å². The number of aromatic nitrogens is 2. The monoisotopic (exact) mass is 218 g/mol. The molecule has 0 saturated heterocycles. The van der Waals surface area contributed by atoms with Crippen LogP contribution >= 0.6 is 11.3 Å². The van der Waals surface area contributed by atoms with Gasteiger partial charge < -0.3 is 0 Å². The maximum Gasteiger partial charge on any atom is 0.178 e. The first-order valence-corrected chi connectivity index (χ1v) is 5.44. The Hall–Kier alpha value is -1.55. The summed E-state index contributed by atoms with van der Waals surface area (Å²) in [7, 11) is 0. The first kappa shape index (κ1) is 9.98. The molecule has 2 rings (SSSR count). The molecule has 2 heterocycles. The molecule has 0 fully saturated rings. The van der Waals surface area contributed by atoms with Crippen molar-refractivity contribution >= 4 is 17.1 Å². The summed E-state index contributed by atoms with van der Waals surface area (Å²) in [5.41, 5.74) is 2.45. The maximum absolute atomic E-state index is 11.1. The molecular weight excluding hydrogens is 208 g/mol. The van der Waals surface area contributed by atoms with Crippen LogP contribution in [0.1, 0.15) is 23.1 Å². The molecule has 2 aromatic rings. The van der Waals surface area contributed by atoms with Gasteiger partial charge in [-0.25, -0.2) is 4.98 Å². The number of carbonyl (C=O) groups excluding carboxylic acids is 1. The number of ketones is 1. The minimum Gasteiger partial charge on any atom is -0.293 e. The lowest BCUT2D eigenvalue weighted by atomic mass is 10.2. The van der Waals surface area contributed by atoms with Gasteiger partial charge in [0.2, 0.25) is 0 Å². The molecule has 0 bridgehead atoms. The molecule has 4 heteroatoms. The number of hydrogen-bond acceptors (Lipinski definition) is 4. The lowest BCUT2D eigenvalue weighted by Gasteiger charge is -1.95. The van der Waals surface area contributed by atoms with E-state index in [0.29, 0.717) is 5.69 Å². The van der Waals surface area contributed by atoms with E-state index in [2.05, 4.69) is 9.97 Å². The van der Waals surface area contributed by atoms with Gasteiger partial charge in [-0.15, -0.1) is 11.3 Å². The molecule has 0 aliphatic carbocycles. The van der Waals surface area contributed by atoms with Crippen molar-refractivity contribution in [1.82, 2.24) is 9.97 Å². The van der Waals surface area contributed by atoms with E-state index in [1.165, 1.54) is 18.3 Å². The van der Waals surface area contributed by atoms with Gasteiger partial charge >= 0.3 is 0 Å². The van der Waals surface area contributed by atoms with E-state index in [-0.39, 0.29) is 5.78 Å². The van der Waals surface area contributed by atoms with Gasteiger partial charge in [-0.05, 0) is 19.1 Å². The third-order valence-corrected chi connectivity index (χ3v) is 2.91. The van der Waals surface area contributed by atoms with E-state index in [0.717, 1.165) is 16.3 Å². The molecule has 0 saturated carbocycles. The summed E-state index contributed by atoms with van der Waals surface area (Å²) in [6.07, 6.45) is 1.78. The zero-order valence-electron chi connectivity index (χ0n) is 8.52. The van der Waals surface area contributed by atoms with Gasteiger partial charge in [-0.3, -0.25) is 9.78 Å². The number of nitrogens with zero attached hydrogens (tertiary/aromatic N) is 2. The number of pyridine rings is 1. The highest BCUT2D eigenvalue weighted by atomic mass is 32.1. The Morgan fingerprint density at radius 2 is 2.20 bits per heavy atom. The van der Waals surface area contributed by atoms with Crippen molar-refractivity contribution in [2.75, 3.05) is 0 Å². The number of Topliss-reactive ketones (excluding diaryl/α,β-unsaturated/α-hetero) is 1. The fraction of sp³-hybridized carbons (Fsp3) is 0.182. The Labute approximate surface area is 91.8 Å². The fourth-order valence-corrected chi connectivity index (χ4v) is 2.01. The molecule has 0 aromatic carbocycles. The van der Waals surface area contributed by atoms with E-state index < -0.39 is 0 Å². The first-order chi connectivity index (χ1) is 7.16. The molecule has 0 spiro atoms. The summed E-state index contributed by atoms with van der Waals surface area (Å²) in [4.78, 5) is 19.5. The van der Waals surface area contributed by atoms with Crippen LogP contribution in [0.3, 0.4) is 0 Å². The van der Waals surface area contributed by atoms with E-state index in [4.69, 9.17) is 0 Å². The number of aryl methyl sites for hydroxylation is 1. The van der Waals surface area contributed by atoms with Crippen LogP contribution in [0.15, 0.2) is 23.7 Å². The fourth-order valence-electron chi connectivity index (χ4n) is 1.16. The second-order valence-corrected chi connectivity index (χ2v) is 4.14. The number of carbonyl (C=O) groups is 1. The number of thiazole rings is 1. The maximum atomic E-state index is 11.1. The normalized spacial score (nSPS) is 10.3. The van der Waals surface area contributed by atoms with Crippen LogP contribution in [0.5, 0.6) is 0 Å². The van der Waals surface area contributed by atoms with Crippen molar-refractivity contribution in [3.63, 3.8) is 0 Å². The Bertz CT molecular complexity index is 488. The van der Waals surface area contributed by atoms with Crippen molar-refractivity contribution in [1.29, 1.82) is 0 Å². The molecule has 0 amide bonds. The first-order valence-electron chi connectivity index (χ1n) is 4.56. The van der Waals surface area contributed by atoms with Crippen molar-refractivity contribution in [2.45, 2.75) is 13.8 Å². The minimum atomic E-state index is -0.00225. The second kappa shape index (κ2) is 3.90. The summed E-state index contributed by atoms with van der Waals surface area (Å²) in [5.74, 6) is -0.00225. The smallest absolute Gasteiger partial charge is 0.178 e. The summed E-state index contributed by atoms with van der Waals surface area (Å²) in [5, 5.41) is 2.62. The third-order valence-electron chi connectivity index (χ3n) is 2.02. The molecule has 0 aliphatic heterocycles. The molecule has 0 atom stereocenters. The zero-order valence-corrected chi connectivity index (χ0v) is 9.34. The van der Waals surface area contributed by atoms with Crippen molar-refractivity contribution in [3.05, 3.63) is 35.1 Å². The Kier molecular flexibility index (Phi) is 2.60. The lowest BCUT2D eigenvalue weighted by Crippen LogP contribution is -1.91. The average molecular weight is 218 g/mol. The zero-order chi connectivity index (χ0) is 10.8. The Balaban J connectivity index is 2.37. The third kappa shape index (κ3) is 2.10. The van der Waals surface area contributed by atoms with Crippen molar-refractivity contribution < 1.29 is 4.79 Å². The van der Waals surface area contributed by atoms with E-state index in [1.807, 2.05) is 19.1 Å². The second-order valence-electron chi connectivity index (χ2n) is 3.28. The molecule has 0 unspecified atom stereocenters. The summed E-state index contributed by atoms with van der Waals surface area (Å²) in [6.45, 7) is 3.46. The minimum absolute atomic E-state index is 0.00225. The van der Waals surface area contributed by atoms with Gasteiger partial charge in [0.1, 0.15) is 10.7 Å². The predicted octanol–water partition coefficient (Wildman–Crippen LogP) is 2.72. The largest absolute Gasteiger partial charge is 0.293 e. The van der Waals surface area contributed by atoms with Crippen LogP contribution < -0.4 is 0 Å². The molecular formula is C11H10N2OS. The van der Waals surface area contributed by atoms with Crippen molar-refractivity contribution in [3.8, 4) is 10.6 Å².